The van der Waals surface area contributed by atoms with Crippen molar-refractivity contribution in [2.24, 2.45) is 0 Å². The number of alkyl halides is 3. The van der Waals surface area contributed by atoms with E-state index in [4.69, 9.17) is 0 Å². The van der Waals surface area contributed by atoms with Crippen molar-refractivity contribution < 1.29 is 23.1 Å². The van der Waals surface area contributed by atoms with Crippen LogP contribution in [0.15, 0.2) is 42.9 Å². The maximum atomic E-state index is 12.8. The third kappa shape index (κ3) is 4.72. The molecule has 32 heavy (non-hydrogen) atoms. The van der Waals surface area contributed by atoms with E-state index in [9.17, 15) is 23.1 Å². The first-order valence-electron chi connectivity index (χ1n) is 10.5. The van der Waals surface area contributed by atoms with E-state index in [2.05, 4.69) is 15.1 Å². The molecule has 6 nitrogen and oxygen atoms in total. The molecule has 4 rings (SSSR count). The smallest absolute Gasteiger partial charge is 0.393 e. The number of carbonyl (C=O) groups is 1. The highest BCUT2D eigenvalue weighted by atomic mass is 19.4. The van der Waals surface area contributed by atoms with Crippen molar-refractivity contribution in [2.75, 3.05) is 0 Å². The zero-order valence-corrected chi connectivity index (χ0v) is 17.5. The molecule has 0 spiro atoms. The number of carbonyl (C=O) groups excluding carboxylic acids is 1. The van der Waals surface area contributed by atoms with Crippen LogP contribution in [0.3, 0.4) is 0 Å². The van der Waals surface area contributed by atoms with Gasteiger partial charge in [-0.15, -0.1) is 0 Å². The number of ketones is 1. The molecule has 3 aromatic heterocycles. The fraction of sp³-hybridized carbons (Fsp3) is 0.391. The van der Waals surface area contributed by atoms with E-state index < -0.39 is 11.7 Å². The number of Topliss-reactive ketones (excluding diaryl/α,β-unsaturated/α-hetero) is 1. The Labute approximate surface area is 183 Å². The van der Waals surface area contributed by atoms with E-state index in [1.54, 1.807) is 13.1 Å². The largest absolute Gasteiger partial charge is 0.417 e. The fourth-order valence-corrected chi connectivity index (χ4v) is 4.03. The Morgan fingerprint density at radius 1 is 1.06 bits per heavy atom. The molecular formula is C23H23F3N4O2. The lowest BCUT2D eigenvalue weighted by atomic mass is 9.85. The lowest BCUT2D eigenvalue weighted by Gasteiger charge is -2.24. The average Bonchev–Trinajstić information content (AvgIpc) is 3.16. The monoisotopic (exact) mass is 444 g/mol. The van der Waals surface area contributed by atoms with Gasteiger partial charge in [0.2, 0.25) is 0 Å². The quantitative estimate of drug-likeness (QED) is 0.589. The molecule has 0 amide bonds. The third-order valence-corrected chi connectivity index (χ3v) is 5.93. The lowest BCUT2D eigenvalue weighted by Crippen LogP contribution is -2.17. The van der Waals surface area contributed by atoms with Crippen LogP contribution in [0.5, 0.6) is 0 Å². The highest BCUT2D eigenvalue weighted by Crippen LogP contribution is 2.32. The molecule has 1 fully saturated rings. The second-order valence-electron chi connectivity index (χ2n) is 8.16. The predicted molar refractivity (Wildman–Crippen MR) is 111 cm³/mol. The molecular weight excluding hydrogens is 421 g/mol. The van der Waals surface area contributed by atoms with Gasteiger partial charge < -0.3 is 5.11 Å². The van der Waals surface area contributed by atoms with Crippen LogP contribution in [0.25, 0.3) is 5.82 Å². The number of aromatic nitrogens is 4. The average molecular weight is 444 g/mol. The Hall–Kier alpha value is -3.07. The van der Waals surface area contributed by atoms with Crippen molar-refractivity contribution in [2.45, 2.75) is 57.2 Å². The molecule has 0 unspecified atom stereocenters. The number of pyridine rings is 2. The van der Waals surface area contributed by atoms with Gasteiger partial charge in [0, 0.05) is 30.4 Å². The van der Waals surface area contributed by atoms with Crippen molar-refractivity contribution in [3.05, 3.63) is 70.9 Å². The molecule has 0 radical (unpaired) electrons. The maximum absolute atomic E-state index is 12.8. The van der Waals surface area contributed by atoms with E-state index in [1.165, 1.54) is 16.9 Å². The molecule has 3 heterocycles. The molecule has 0 aromatic carbocycles. The predicted octanol–water partition coefficient (Wildman–Crippen LogP) is 4.43. The van der Waals surface area contributed by atoms with E-state index in [0.29, 0.717) is 17.2 Å². The number of aliphatic hydroxyl groups is 1. The fourth-order valence-electron chi connectivity index (χ4n) is 4.03. The molecule has 0 atom stereocenters. The topological polar surface area (TPSA) is 80.9 Å². The molecule has 1 N–H and O–H groups in total. The van der Waals surface area contributed by atoms with Crippen molar-refractivity contribution in [1.29, 1.82) is 0 Å². The molecule has 1 aliphatic carbocycles. The Balaban J connectivity index is 1.45. The molecule has 1 aliphatic rings. The Kier molecular flexibility index (Phi) is 6.10. The van der Waals surface area contributed by atoms with E-state index in [-0.39, 0.29) is 24.1 Å². The SMILES string of the molecule is Cc1c(C(=O)Cc2ccc(C3CCC(O)CC3)nc2)cnn1-c1ccc(C(F)(F)F)cn1. The van der Waals surface area contributed by atoms with Crippen molar-refractivity contribution in [1.82, 2.24) is 19.7 Å². The first-order chi connectivity index (χ1) is 15.2. The van der Waals surface area contributed by atoms with Crippen LogP contribution >= 0.6 is 0 Å². The van der Waals surface area contributed by atoms with Gasteiger partial charge in [-0.3, -0.25) is 9.78 Å². The van der Waals surface area contributed by atoms with Crippen molar-refractivity contribution in [3.63, 3.8) is 0 Å². The molecule has 168 valence electrons. The summed E-state index contributed by atoms with van der Waals surface area (Å²) < 4.78 is 39.6. The van der Waals surface area contributed by atoms with Gasteiger partial charge in [0.25, 0.3) is 0 Å². The number of rotatable bonds is 5. The van der Waals surface area contributed by atoms with Crippen LogP contribution in [0, 0.1) is 6.92 Å². The van der Waals surface area contributed by atoms with Gasteiger partial charge in [-0.25, -0.2) is 9.67 Å². The molecule has 0 saturated heterocycles. The van der Waals surface area contributed by atoms with E-state index >= 15 is 0 Å². The normalized spacial score (nSPS) is 19.2. The van der Waals surface area contributed by atoms with Crippen LogP contribution in [0.4, 0.5) is 13.2 Å². The van der Waals surface area contributed by atoms with Gasteiger partial charge in [-0.1, -0.05) is 6.07 Å². The van der Waals surface area contributed by atoms with Crippen LogP contribution in [0.1, 0.15) is 64.5 Å². The molecule has 0 bridgehead atoms. The van der Waals surface area contributed by atoms with Gasteiger partial charge >= 0.3 is 6.18 Å². The Bertz CT molecular complexity index is 1080. The van der Waals surface area contributed by atoms with E-state index in [0.717, 1.165) is 49.2 Å². The summed E-state index contributed by atoms with van der Waals surface area (Å²) in [7, 11) is 0. The van der Waals surface area contributed by atoms with Gasteiger partial charge in [-0.05, 0) is 56.4 Å². The summed E-state index contributed by atoms with van der Waals surface area (Å²) in [6.07, 6.45) is 2.70. The summed E-state index contributed by atoms with van der Waals surface area (Å²) in [5, 5.41) is 13.8. The number of hydrogen-bond acceptors (Lipinski definition) is 5. The van der Waals surface area contributed by atoms with Gasteiger partial charge in [-0.2, -0.15) is 18.3 Å². The summed E-state index contributed by atoms with van der Waals surface area (Å²) >= 11 is 0. The first kappa shape index (κ1) is 22.1. The molecule has 1 saturated carbocycles. The van der Waals surface area contributed by atoms with Gasteiger partial charge in [0.15, 0.2) is 11.6 Å². The van der Waals surface area contributed by atoms with Crippen molar-refractivity contribution in [3.8, 4) is 5.82 Å². The van der Waals surface area contributed by atoms with Crippen LogP contribution in [0.2, 0.25) is 0 Å². The molecule has 3 aromatic rings. The van der Waals surface area contributed by atoms with Crippen LogP contribution in [-0.4, -0.2) is 36.7 Å². The minimum atomic E-state index is -4.46. The second-order valence-corrected chi connectivity index (χ2v) is 8.16. The zero-order chi connectivity index (χ0) is 22.9. The van der Waals surface area contributed by atoms with Crippen molar-refractivity contribution >= 4 is 5.78 Å². The first-order valence-corrected chi connectivity index (χ1v) is 10.5. The third-order valence-electron chi connectivity index (χ3n) is 5.93. The minimum absolute atomic E-state index is 0.142. The standard InChI is InChI=1S/C23H23F3N4O2/c1-14-19(13-29-30(14)22-9-5-17(12-28-22)23(24,25)26)21(32)10-15-2-8-20(27-11-15)16-3-6-18(31)7-4-16/h2,5,8-9,11-13,16,18,31H,3-4,6-7,10H2,1H3. The summed E-state index contributed by atoms with van der Waals surface area (Å²) in [4.78, 5) is 21.2. The lowest BCUT2D eigenvalue weighted by molar-refractivity contribution is -0.137. The minimum Gasteiger partial charge on any atom is -0.393 e. The summed E-state index contributed by atoms with van der Waals surface area (Å²) in [6.45, 7) is 1.68. The maximum Gasteiger partial charge on any atom is 0.417 e. The summed E-state index contributed by atoms with van der Waals surface area (Å²) in [6, 6.07) is 5.99. The zero-order valence-electron chi connectivity index (χ0n) is 17.5. The number of aliphatic hydroxyl groups excluding tert-OH is 1. The number of hydrogen-bond donors (Lipinski definition) is 1. The Morgan fingerprint density at radius 3 is 2.41 bits per heavy atom. The van der Waals surface area contributed by atoms with Gasteiger partial charge in [0.1, 0.15) is 0 Å². The Morgan fingerprint density at radius 2 is 1.81 bits per heavy atom. The highest BCUT2D eigenvalue weighted by Gasteiger charge is 2.31. The van der Waals surface area contributed by atoms with Crippen LogP contribution in [-0.2, 0) is 12.6 Å². The van der Waals surface area contributed by atoms with Crippen LogP contribution < -0.4 is 0 Å². The summed E-state index contributed by atoms with van der Waals surface area (Å²) in [5.74, 6) is 0.383. The number of halogens is 3. The number of nitrogens with zero attached hydrogens (tertiary/aromatic N) is 4. The summed E-state index contributed by atoms with van der Waals surface area (Å²) in [5.41, 5.74) is 1.80. The molecule has 0 aliphatic heterocycles. The highest BCUT2D eigenvalue weighted by molar-refractivity contribution is 5.98. The molecule has 9 heteroatoms. The van der Waals surface area contributed by atoms with Gasteiger partial charge in [0.05, 0.1) is 29.1 Å². The van der Waals surface area contributed by atoms with E-state index in [1.807, 2.05) is 12.1 Å². The second kappa shape index (κ2) is 8.82.